The molecule has 9 heteroatoms. The molecule has 2 saturated heterocycles. The fourth-order valence-corrected chi connectivity index (χ4v) is 3.59. The van der Waals surface area contributed by atoms with Crippen LogP contribution in [-0.2, 0) is 16.0 Å². The lowest BCUT2D eigenvalue weighted by Crippen LogP contribution is -2.56. The molecule has 2 aromatic heterocycles. The molecule has 1 unspecified atom stereocenters. The second kappa shape index (κ2) is 7.46. The number of hydrogen-bond donors (Lipinski definition) is 1. The van der Waals surface area contributed by atoms with Crippen LogP contribution in [-0.4, -0.2) is 64.2 Å². The van der Waals surface area contributed by atoms with E-state index < -0.39 is 0 Å². The highest BCUT2D eigenvalue weighted by molar-refractivity contribution is 6.30. The average Bonchev–Trinajstić information content (AvgIpc) is 3.29. The minimum Gasteiger partial charge on any atom is -0.378 e. The molecule has 0 radical (unpaired) electrons. The van der Waals surface area contributed by atoms with E-state index in [-0.39, 0.29) is 11.6 Å². The summed E-state index contributed by atoms with van der Waals surface area (Å²) in [6, 6.07) is 3.74. The molecule has 2 aromatic rings. The van der Waals surface area contributed by atoms with Crippen LogP contribution < -0.4 is 5.32 Å². The highest BCUT2D eigenvalue weighted by Gasteiger charge is 2.41. The zero-order chi connectivity index (χ0) is 18.9. The molecule has 4 rings (SSSR count). The summed E-state index contributed by atoms with van der Waals surface area (Å²) in [5, 5.41) is 7.74. The Morgan fingerprint density at radius 1 is 1.41 bits per heavy atom. The molecular weight excluding hydrogens is 370 g/mol. The lowest BCUT2D eigenvalue weighted by atomic mass is 10.0. The van der Waals surface area contributed by atoms with Crippen molar-refractivity contribution in [3.8, 4) is 5.82 Å². The Balaban J connectivity index is 1.45. The lowest BCUT2D eigenvalue weighted by Gasteiger charge is -2.39. The van der Waals surface area contributed by atoms with Gasteiger partial charge in [-0.25, -0.2) is 14.5 Å². The van der Waals surface area contributed by atoms with Crippen molar-refractivity contribution in [1.29, 1.82) is 0 Å². The highest BCUT2D eigenvalue weighted by Crippen LogP contribution is 2.27. The summed E-state index contributed by atoms with van der Waals surface area (Å²) in [4.78, 5) is 19.0. The summed E-state index contributed by atoms with van der Waals surface area (Å²) in [6.07, 6.45) is 4.08. The Hall–Kier alpha value is -2.16. The Labute approximate surface area is 162 Å². The fourth-order valence-electron chi connectivity index (χ4n) is 3.45. The molecule has 1 atom stereocenters. The van der Waals surface area contributed by atoms with Crippen molar-refractivity contribution in [2.24, 2.45) is 0 Å². The van der Waals surface area contributed by atoms with Gasteiger partial charge in [0.15, 0.2) is 5.82 Å². The van der Waals surface area contributed by atoms with Crippen molar-refractivity contribution in [3.05, 3.63) is 40.8 Å². The van der Waals surface area contributed by atoms with Gasteiger partial charge >= 0.3 is 6.03 Å². The van der Waals surface area contributed by atoms with Gasteiger partial charge in [-0.05, 0) is 13.0 Å². The number of halogens is 1. The molecule has 4 heterocycles. The van der Waals surface area contributed by atoms with E-state index in [9.17, 15) is 4.79 Å². The third-order valence-corrected chi connectivity index (χ3v) is 5.09. The van der Waals surface area contributed by atoms with E-state index in [1.807, 2.05) is 19.1 Å². The maximum Gasteiger partial charge on any atom is 0.317 e. The van der Waals surface area contributed by atoms with Crippen LogP contribution >= 0.6 is 11.6 Å². The second-order valence-corrected chi connectivity index (χ2v) is 7.39. The van der Waals surface area contributed by atoms with Crippen molar-refractivity contribution in [1.82, 2.24) is 25.0 Å². The smallest absolute Gasteiger partial charge is 0.317 e. The molecule has 0 aromatic carbocycles. The molecule has 1 N–H and O–H groups in total. The van der Waals surface area contributed by atoms with Crippen molar-refractivity contribution in [2.45, 2.75) is 25.5 Å². The van der Waals surface area contributed by atoms with Crippen molar-refractivity contribution in [2.75, 3.05) is 32.9 Å². The summed E-state index contributed by atoms with van der Waals surface area (Å²) >= 11 is 5.98. The third kappa shape index (κ3) is 3.92. The quantitative estimate of drug-likeness (QED) is 0.864. The number of amides is 2. The van der Waals surface area contributed by atoms with E-state index in [2.05, 4.69) is 15.4 Å². The summed E-state index contributed by atoms with van der Waals surface area (Å²) in [5.41, 5.74) is 1.38. The number of morpholine rings is 1. The van der Waals surface area contributed by atoms with Gasteiger partial charge in [-0.1, -0.05) is 17.7 Å². The molecular formula is C18H22ClN5O3. The average molecular weight is 392 g/mol. The zero-order valence-electron chi connectivity index (χ0n) is 15.2. The topological polar surface area (TPSA) is 81.5 Å². The summed E-state index contributed by atoms with van der Waals surface area (Å²) in [7, 11) is 0. The molecule has 1 spiro atoms. The zero-order valence-corrected chi connectivity index (χ0v) is 15.9. The number of aryl methyl sites for hydroxylation is 1. The van der Waals surface area contributed by atoms with Crippen LogP contribution in [0.4, 0.5) is 4.79 Å². The van der Waals surface area contributed by atoms with E-state index in [4.69, 9.17) is 21.1 Å². The Morgan fingerprint density at radius 2 is 2.30 bits per heavy atom. The first-order valence-corrected chi connectivity index (χ1v) is 9.34. The molecule has 27 heavy (non-hydrogen) atoms. The SMILES string of the molecule is Cc1ccc(CNC(=O)N2CCOC3(CCOC3)C2)c(-n2cc(Cl)cn2)n1. The number of carbonyl (C=O) groups excluding carboxylic acids is 1. The van der Waals surface area contributed by atoms with Crippen molar-refractivity contribution >= 4 is 17.6 Å². The molecule has 0 bridgehead atoms. The summed E-state index contributed by atoms with van der Waals surface area (Å²) < 4.78 is 13.0. The Kier molecular flexibility index (Phi) is 5.03. The normalized spacial score (nSPS) is 22.4. The molecule has 8 nitrogen and oxygen atoms in total. The maximum atomic E-state index is 12.7. The Bertz CT molecular complexity index is 834. The first-order valence-electron chi connectivity index (χ1n) is 8.96. The molecule has 0 saturated carbocycles. The van der Waals surface area contributed by atoms with Crippen LogP contribution in [0.15, 0.2) is 24.5 Å². The molecule has 2 fully saturated rings. The van der Waals surface area contributed by atoms with Crippen molar-refractivity contribution in [3.63, 3.8) is 0 Å². The molecule has 2 aliphatic rings. The minimum absolute atomic E-state index is 0.116. The standard InChI is InChI=1S/C18H22ClN5O3/c1-13-2-3-14(16(22-13)24-10-15(19)9-21-24)8-20-17(25)23-5-7-27-18(11-23)4-6-26-12-18/h2-3,9-10H,4-8,11-12H2,1H3,(H,20,25). The van der Waals surface area contributed by atoms with Gasteiger partial charge < -0.3 is 19.7 Å². The molecule has 0 aliphatic carbocycles. The van der Waals surface area contributed by atoms with E-state index in [1.165, 1.54) is 0 Å². The number of pyridine rings is 1. The van der Waals surface area contributed by atoms with Crippen LogP contribution in [0.2, 0.25) is 5.02 Å². The maximum absolute atomic E-state index is 12.7. The first-order chi connectivity index (χ1) is 13.0. The van der Waals surface area contributed by atoms with Crippen molar-refractivity contribution < 1.29 is 14.3 Å². The van der Waals surface area contributed by atoms with Crippen LogP contribution in [0, 0.1) is 6.92 Å². The van der Waals surface area contributed by atoms with Gasteiger partial charge in [0.1, 0.15) is 5.60 Å². The highest BCUT2D eigenvalue weighted by atomic mass is 35.5. The van der Waals surface area contributed by atoms with Gasteiger partial charge in [-0.3, -0.25) is 0 Å². The summed E-state index contributed by atoms with van der Waals surface area (Å²) in [6.45, 7) is 5.13. The number of rotatable bonds is 3. The fraction of sp³-hybridized carbons (Fsp3) is 0.500. The van der Waals surface area contributed by atoms with Gasteiger partial charge in [0.05, 0.1) is 37.2 Å². The number of aromatic nitrogens is 3. The third-order valence-electron chi connectivity index (χ3n) is 4.90. The van der Waals surface area contributed by atoms with Gasteiger partial charge in [0, 0.05) is 37.4 Å². The van der Waals surface area contributed by atoms with Gasteiger partial charge in [-0.2, -0.15) is 5.10 Å². The first kappa shape index (κ1) is 18.2. The predicted molar refractivity (Wildman–Crippen MR) is 99.0 cm³/mol. The van der Waals surface area contributed by atoms with Gasteiger partial charge in [-0.15, -0.1) is 0 Å². The van der Waals surface area contributed by atoms with Gasteiger partial charge in [0.25, 0.3) is 0 Å². The molecule has 144 valence electrons. The number of carbonyl (C=O) groups is 1. The lowest BCUT2D eigenvalue weighted by molar-refractivity contribution is -0.0975. The number of hydrogen-bond acceptors (Lipinski definition) is 5. The van der Waals surface area contributed by atoms with Crippen LogP contribution in [0.25, 0.3) is 5.82 Å². The second-order valence-electron chi connectivity index (χ2n) is 6.95. The molecule has 2 amide bonds. The van der Waals surface area contributed by atoms with E-state index in [1.54, 1.807) is 22.0 Å². The summed E-state index contributed by atoms with van der Waals surface area (Å²) in [5.74, 6) is 0.657. The predicted octanol–water partition coefficient (Wildman–Crippen LogP) is 1.93. The molecule has 2 aliphatic heterocycles. The number of ether oxygens (including phenoxy) is 2. The number of urea groups is 1. The largest absolute Gasteiger partial charge is 0.378 e. The monoisotopic (exact) mass is 391 g/mol. The number of nitrogens with zero attached hydrogens (tertiary/aromatic N) is 4. The van der Waals surface area contributed by atoms with E-state index >= 15 is 0 Å². The van der Waals surface area contributed by atoms with Gasteiger partial charge in [0.2, 0.25) is 0 Å². The van der Waals surface area contributed by atoms with Crippen LogP contribution in [0.3, 0.4) is 0 Å². The van der Waals surface area contributed by atoms with E-state index in [0.29, 0.717) is 50.3 Å². The van der Waals surface area contributed by atoms with E-state index in [0.717, 1.165) is 17.7 Å². The Morgan fingerprint density at radius 3 is 3.04 bits per heavy atom. The minimum atomic E-state index is -0.349. The number of nitrogens with one attached hydrogen (secondary N) is 1. The van der Waals surface area contributed by atoms with Crippen LogP contribution in [0.1, 0.15) is 17.7 Å². The van der Waals surface area contributed by atoms with Crippen LogP contribution in [0.5, 0.6) is 0 Å².